The standard InChI is InChI=1S/C14H8Cl2N2O.C14H11Cl2NO2/c15-11-4-2-1-3-8(11)9-5-10-13(6-12(9)16)17-7-18-14(10)19;1-19-14(18)10-6-9(12(16)7-13(10)17)8-4-2-3-5-11(8)15/h1-7H,(H,17,18,19);2-7H,17H2,1H3. The molecule has 1 aromatic heterocycles. The van der Waals surface area contributed by atoms with E-state index in [4.69, 9.17) is 52.1 Å². The predicted octanol–water partition coefficient (Wildman–Crippen LogP) is 7.93. The zero-order chi connectivity index (χ0) is 27.4. The van der Waals surface area contributed by atoms with Gasteiger partial charge in [-0.15, -0.1) is 0 Å². The van der Waals surface area contributed by atoms with Crippen LogP contribution in [0.15, 0.2) is 83.9 Å². The molecule has 192 valence electrons. The van der Waals surface area contributed by atoms with Crippen molar-refractivity contribution in [3.63, 3.8) is 0 Å². The first-order valence-corrected chi connectivity index (χ1v) is 12.6. The maximum atomic E-state index is 11.8. The molecular formula is C28H19Cl4N3O3. The van der Waals surface area contributed by atoms with Crippen molar-refractivity contribution < 1.29 is 9.53 Å². The number of fused-ring (bicyclic) bond motifs is 1. The van der Waals surface area contributed by atoms with Crippen LogP contribution in [0.1, 0.15) is 10.4 Å². The molecule has 38 heavy (non-hydrogen) atoms. The van der Waals surface area contributed by atoms with Gasteiger partial charge in [0.05, 0.1) is 39.9 Å². The fourth-order valence-corrected chi connectivity index (χ4v) is 4.75. The van der Waals surface area contributed by atoms with Gasteiger partial charge in [-0.05, 0) is 36.4 Å². The second kappa shape index (κ2) is 11.9. The quantitative estimate of drug-likeness (QED) is 0.165. The van der Waals surface area contributed by atoms with E-state index in [1.807, 2.05) is 36.4 Å². The molecule has 10 heteroatoms. The zero-order valence-corrected chi connectivity index (χ0v) is 22.8. The molecule has 5 rings (SSSR count). The minimum Gasteiger partial charge on any atom is -0.465 e. The first kappa shape index (κ1) is 27.5. The number of carbonyl (C=O) groups is 1. The molecule has 0 saturated carbocycles. The van der Waals surface area contributed by atoms with Crippen molar-refractivity contribution >= 4 is 69.0 Å². The lowest BCUT2D eigenvalue weighted by atomic mass is 10.0. The van der Waals surface area contributed by atoms with Gasteiger partial charge in [0.2, 0.25) is 0 Å². The monoisotopic (exact) mass is 585 g/mol. The van der Waals surface area contributed by atoms with Crippen molar-refractivity contribution in [2.24, 2.45) is 0 Å². The summed E-state index contributed by atoms with van der Waals surface area (Å²) in [4.78, 5) is 30.1. The van der Waals surface area contributed by atoms with Gasteiger partial charge < -0.3 is 15.5 Å². The van der Waals surface area contributed by atoms with Crippen LogP contribution in [-0.4, -0.2) is 23.0 Å². The number of methoxy groups -OCH3 is 1. The minimum atomic E-state index is -0.512. The lowest BCUT2D eigenvalue weighted by molar-refractivity contribution is 0.0602. The Labute approximate surface area is 237 Å². The van der Waals surface area contributed by atoms with E-state index < -0.39 is 5.97 Å². The maximum absolute atomic E-state index is 11.8. The number of ether oxygens (including phenoxy) is 1. The van der Waals surface area contributed by atoms with Crippen molar-refractivity contribution in [2.75, 3.05) is 12.8 Å². The van der Waals surface area contributed by atoms with Crippen LogP contribution < -0.4 is 11.3 Å². The van der Waals surface area contributed by atoms with E-state index in [2.05, 4.69) is 14.7 Å². The number of benzene rings is 4. The second-order valence-electron chi connectivity index (χ2n) is 7.95. The normalized spacial score (nSPS) is 10.6. The molecule has 0 aliphatic carbocycles. The molecule has 0 saturated heterocycles. The summed E-state index contributed by atoms with van der Waals surface area (Å²) in [5.41, 5.74) is 9.55. The molecular weight excluding hydrogens is 568 g/mol. The van der Waals surface area contributed by atoms with E-state index in [1.54, 1.807) is 30.3 Å². The number of aromatic nitrogens is 2. The van der Waals surface area contributed by atoms with Crippen LogP contribution in [0.25, 0.3) is 33.2 Å². The van der Waals surface area contributed by atoms with Gasteiger partial charge in [0.25, 0.3) is 5.56 Å². The molecule has 0 radical (unpaired) electrons. The number of nitrogen functional groups attached to an aromatic ring is 1. The summed E-state index contributed by atoms with van der Waals surface area (Å²) in [7, 11) is 1.30. The highest BCUT2D eigenvalue weighted by molar-refractivity contribution is 6.37. The van der Waals surface area contributed by atoms with Crippen LogP contribution in [0, 0.1) is 0 Å². The summed E-state index contributed by atoms with van der Waals surface area (Å²) >= 11 is 24.7. The molecule has 1 heterocycles. The van der Waals surface area contributed by atoms with E-state index in [0.29, 0.717) is 36.6 Å². The number of esters is 1. The second-order valence-corrected chi connectivity index (χ2v) is 9.58. The van der Waals surface area contributed by atoms with Gasteiger partial charge in [0, 0.05) is 38.0 Å². The number of H-pyrrole nitrogens is 1. The Morgan fingerprint density at radius 2 is 1.34 bits per heavy atom. The number of hydrogen-bond acceptors (Lipinski definition) is 5. The lowest BCUT2D eigenvalue weighted by Gasteiger charge is -2.11. The molecule has 0 unspecified atom stereocenters. The minimum absolute atomic E-state index is 0.199. The smallest absolute Gasteiger partial charge is 0.339 e. The molecule has 0 fully saturated rings. The lowest BCUT2D eigenvalue weighted by Crippen LogP contribution is -2.06. The molecule has 4 aromatic carbocycles. The number of aromatic amines is 1. The average molecular weight is 587 g/mol. The predicted molar refractivity (Wildman–Crippen MR) is 155 cm³/mol. The van der Waals surface area contributed by atoms with Crippen molar-refractivity contribution in [3.8, 4) is 22.3 Å². The Morgan fingerprint density at radius 3 is 1.92 bits per heavy atom. The van der Waals surface area contributed by atoms with E-state index in [9.17, 15) is 9.59 Å². The largest absolute Gasteiger partial charge is 0.465 e. The van der Waals surface area contributed by atoms with Crippen LogP contribution >= 0.6 is 46.4 Å². The summed E-state index contributed by atoms with van der Waals surface area (Å²) in [6.07, 6.45) is 1.36. The Morgan fingerprint density at radius 1 is 0.789 bits per heavy atom. The molecule has 0 amide bonds. The number of rotatable bonds is 3. The van der Waals surface area contributed by atoms with Crippen molar-refractivity contribution in [3.05, 3.63) is 115 Å². The number of hydrogen-bond donors (Lipinski definition) is 2. The van der Waals surface area contributed by atoms with E-state index in [0.717, 1.165) is 16.7 Å². The number of halogens is 4. The number of nitrogens with one attached hydrogen (secondary N) is 1. The molecule has 0 spiro atoms. The Balaban J connectivity index is 0.000000177. The topological polar surface area (TPSA) is 98.1 Å². The van der Waals surface area contributed by atoms with Crippen molar-refractivity contribution in [2.45, 2.75) is 0 Å². The molecule has 0 bridgehead atoms. The third-order valence-corrected chi connectivity index (χ3v) is 6.89. The van der Waals surface area contributed by atoms with Crippen LogP contribution in [0.3, 0.4) is 0 Å². The van der Waals surface area contributed by atoms with Gasteiger partial charge >= 0.3 is 5.97 Å². The van der Waals surface area contributed by atoms with Gasteiger partial charge in [0.15, 0.2) is 0 Å². The Hall–Kier alpha value is -3.55. The van der Waals surface area contributed by atoms with Gasteiger partial charge in [-0.2, -0.15) is 0 Å². The van der Waals surface area contributed by atoms with Gasteiger partial charge in [-0.25, -0.2) is 9.78 Å². The SMILES string of the molecule is COC(=O)c1cc(-c2ccccc2Cl)c(Cl)cc1N.O=c1[nH]cnc2cc(Cl)c(-c3ccccc3Cl)cc12. The fraction of sp³-hybridized carbons (Fsp3) is 0.0357. The van der Waals surface area contributed by atoms with Crippen LogP contribution in [0.5, 0.6) is 0 Å². The highest BCUT2D eigenvalue weighted by Gasteiger charge is 2.16. The average Bonchev–Trinajstić information content (AvgIpc) is 2.90. The molecule has 5 aromatic rings. The zero-order valence-electron chi connectivity index (χ0n) is 19.8. The molecule has 3 N–H and O–H groups in total. The number of carbonyl (C=O) groups excluding carboxylic acids is 1. The third kappa shape index (κ3) is 5.79. The molecule has 0 aliphatic heterocycles. The summed E-state index contributed by atoms with van der Waals surface area (Å²) in [6.45, 7) is 0. The van der Waals surface area contributed by atoms with Gasteiger partial charge in [-0.1, -0.05) is 82.8 Å². The van der Waals surface area contributed by atoms with E-state index >= 15 is 0 Å². The number of nitrogens with two attached hydrogens (primary N) is 1. The van der Waals surface area contributed by atoms with Crippen LogP contribution in [0.4, 0.5) is 5.69 Å². The Bertz CT molecular complexity index is 1720. The fourth-order valence-electron chi connectivity index (χ4n) is 3.74. The highest BCUT2D eigenvalue weighted by atomic mass is 35.5. The third-order valence-electron chi connectivity index (χ3n) is 5.60. The Kier molecular flexibility index (Phi) is 8.59. The van der Waals surface area contributed by atoms with E-state index in [1.165, 1.54) is 19.5 Å². The molecule has 0 aliphatic rings. The number of anilines is 1. The van der Waals surface area contributed by atoms with Crippen molar-refractivity contribution in [1.82, 2.24) is 9.97 Å². The summed E-state index contributed by atoms with van der Waals surface area (Å²) in [5, 5.41) is 2.56. The first-order chi connectivity index (χ1) is 18.2. The summed E-state index contributed by atoms with van der Waals surface area (Å²) < 4.78 is 4.68. The van der Waals surface area contributed by atoms with Gasteiger partial charge in [0.1, 0.15) is 0 Å². The maximum Gasteiger partial charge on any atom is 0.339 e. The molecule has 0 atom stereocenters. The summed E-state index contributed by atoms with van der Waals surface area (Å²) in [5.74, 6) is -0.512. The van der Waals surface area contributed by atoms with Crippen LogP contribution in [0.2, 0.25) is 20.1 Å². The first-order valence-electron chi connectivity index (χ1n) is 11.0. The van der Waals surface area contributed by atoms with Crippen LogP contribution in [-0.2, 0) is 4.74 Å². The van der Waals surface area contributed by atoms with Crippen molar-refractivity contribution in [1.29, 1.82) is 0 Å². The van der Waals surface area contributed by atoms with E-state index in [-0.39, 0.29) is 16.8 Å². The number of nitrogens with zero attached hydrogens (tertiary/aromatic N) is 1. The highest BCUT2D eigenvalue weighted by Crippen LogP contribution is 2.36. The van der Waals surface area contributed by atoms with Gasteiger partial charge in [-0.3, -0.25) is 4.79 Å². The summed E-state index contributed by atoms with van der Waals surface area (Å²) in [6, 6.07) is 21.1. The molecule has 6 nitrogen and oxygen atoms in total.